The lowest BCUT2D eigenvalue weighted by Crippen LogP contribution is -2.11. The Bertz CT molecular complexity index is 598. The maximum Gasteiger partial charge on any atom is 0.340 e. The summed E-state index contributed by atoms with van der Waals surface area (Å²) in [6, 6.07) is 4.17. The molecule has 0 fully saturated rings. The zero-order chi connectivity index (χ0) is 13.8. The molecule has 100 valence electrons. The van der Waals surface area contributed by atoms with E-state index >= 15 is 0 Å². The van der Waals surface area contributed by atoms with E-state index in [4.69, 9.17) is 5.11 Å². The van der Waals surface area contributed by atoms with Crippen LogP contribution in [-0.4, -0.2) is 22.6 Å². The number of nitrogens with one attached hydrogen (secondary N) is 1. The molecule has 1 aromatic carbocycles. The number of rotatable bonds is 5. The minimum atomic E-state index is -1.27. The first-order chi connectivity index (χ1) is 9.08. The van der Waals surface area contributed by atoms with Crippen molar-refractivity contribution in [1.82, 2.24) is 4.98 Å². The lowest BCUT2D eigenvalue weighted by atomic mass is 10.1. The lowest BCUT2D eigenvalue weighted by Gasteiger charge is -2.09. The predicted octanol–water partition coefficient (Wildman–Crippen LogP) is 2.94. The topological polar surface area (TPSA) is 62.2 Å². The fourth-order valence-corrected chi connectivity index (χ4v) is 2.38. The molecule has 0 radical (unpaired) electrons. The highest BCUT2D eigenvalue weighted by Gasteiger charge is 2.15. The number of hydrogen-bond donors (Lipinski definition) is 2. The van der Waals surface area contributed by atoms with Crippen LogP contribution in [0.1, 0.15) is 21.1 Å². The van der Waals surface area contributed by atoms with Gasteiger partial charge in [0.05, 0.1) is 16.4 Å². The van der Waals surface area contributed by atoms with Crippen LogP contribution in [0.25, 0.3) is 0 Å². The summed E-state index contributed by atoms with van der Waals surface area (Å²) >= 11 is 1.57. The predicted molar refractivity (Wildman–Crippen MR) is 72.4 cm³/mol. The van der Waals surface area contributed by atoms with Crippen molar-refractivity contribution in [2.45, 2.75) is 13.3 Å². The van der Waals surface area contributed by atoms with Crippen molar-refractivity contribution in [2.75, 3.05) is 11.9 Å². The molecule has 0 aliphatic heterocycles. The summed E-state index contributed by atoms with van der Waals surface area (Å²) in [7, 11) is 0. The van der Waals surface area contributed by atoms with Crippen molar-refractivity contribution in [3.63, 3.8) is 0 Å². The molecule has 2 rings (SSSR count). The smallest absolute Gasteiger partial charge is 0.340 e. The molecule has 6 heteroatoms. The number of carbonyl (C=O) groups is 1. The summed E-state index contributed by atoms with van der Waals surface area (Å²) in [6.07, 6.45) is 0.667. The Morgan fingerprint density at radius 2 is 2.32 bits per heavy atom. The normalized spacial score (nSPS) is 10.4. The zero-order valence-corrected chi connectivity index (χ0v) is 11.1. The van der Waals surface area contributed by atoms with Gasteiger partial charge in [-0.3, -0.25) is 0 Å². The van der Waals surface area contributed by atoms with E-state index in [2.05, 4.69) is 10.3 Å². The van der Waals surface area contributed by atoms with Crippen molar-refractivity contribution >= 4 is 23.0 Å². The fraction of sp³-hybridized carbons (Fsp3) is 0.231. The molecular formula is C13H13FN2O2S. The summed E-state index contributed by atoms with van der Waals surface area (Å²) in [5.41, 5.74) is 0.916. The van der Waals surface area contributed by atoms with Gasteiger partial charge in [0.1, 0.15) is 11.4 Å². The Morgan fingerprint density at radius 1 is 1.53 bits per heavy atom. The third-order valence-corrected chi connectivity index (χ3v) is 3.41. The average molecular weight is 280 g/mol. The molecule has 1 aromatic heterocycles. The number of hydrogen-bond acceptors (Lipinski definition) is 4. The first-order valence-corrected chi connectivity index (χ1v) is 6.62. The summed E-state index contributed by atoms with van der Waals surface area (Å²) in [6.45, 7) is 2.43. The quantitative estimate of drug-likeness (QED) is 0.884. The molecule has 0 saturated carbocycles. The number of aromatic carboxylic acids is 1. The van der Waals surface area contributed by atoms with Crippen LogP contribution in [0.5, 0.6) is 0 Å². The number of halogens is 1. The number of anilines is 1. The molecule has 2 N–H and O–H groups in total. The number of thiazole rings is 1. The monoisotopic (exact) mass is 280 g/mol. The second-order valence-electron chi connectivity index (χ2n) is 4.00. The Balaban J connectivity index is 2.03. The minimum Gasteiger partial charge on any atom is -0.478 e. The zero-order valence-electron chi connectivity index (χ0n) is 10.3. The summed E-state index contributed by atoms with van der Waals surface area (Å²) in [5.74, 6) is -2.01. The van der Waals surface area contributed by atoms with Gasteiger partial charge in [-0.15, -0.1) is 11.3 Å². The summed E-state index contributed by atoms with van der Waals surface area (Å²) in [4.78, 5) is 15.3. The Kier molecular flexibility index (Phi) is 4.11. The number of benzene rings is 1. The van der Waals surface area contributed by atoms with Crippen LogP contribution in [0.2, 0.25) is 0 Å². The van der Waals surface area contributed by atoms with Crippen molar-refractivity contribution in [3.05, 3.63) is 45.7 Å². The average Bonchev–Trinajstić information content (AvgIpc) is 2.74. The van der Waals surface area contributed by atoms with Crippen molar-refractivity contribution in [1.29, 1.82) is 0 Å². The fourth-order valence-electron chi connectivity index (χ4n) is 1.74. The van der Waals surface area contributed by atoms with E-state index in [0.29, 0.717) is 18.7 Å². The van der Waals surface area contributed by atoms with Crippen molar-refractivity contribution in [2.24, 2.45) is 0 Å². The number of carboxylic acid groups (broad SMARTS) is 1. The minimum absolute atomic E-state index is 0.291. The number of carboxylic acids is 1. The van der Waals surface area contributed by atoms with Crippen LogP contribution in [0.3, 0.4) is 0 Å². The van der Waals surface area contributed by atoms with Gasteiger partial charge in [0, 0.05) is 18.3 Å². The van der Waals surface area contributed by atoms with Gasteiger partial charge in [0.2, 0.25) is 0 Å². The van der Waals surface area contributed by atoms with Gasteiger partial charge >= 0.3 is 5.97 Å². The maximum absolute atomic E-state index is 13.4. The number of aromatic nitrogens is 1. The number of aryl methyl sites for hydroxylation is 1. The standard InChI is InChI=1S/C13H13FN2O2S/c1-8-16-9(7-19-8)5-6-15-11-4-2-3-10(14)12(11)13(17)18/h2-4,7,15H,5-6H2,1H3,(H,17,18). The molecule has 1 heterocycles. The van der Waals surface area contributed by atoms with Gasteiger partial charge in [0.25, 0.3) is 0 Å². The summed E-state index contributed by atoms with van der Waals surface area (Å²) < 4.78 is 13.4. The van der Waals surface area contributed by atoms with Gasteiger partial charge in [-0.05, 0) is 19.1 Å². The molecule has 0 atom stereocenters. The van der Waals surface area contributed by atoms with Crippen molar-refractivity contribution < 1.29 is 14.3 Å². The van der Waals surface area contributed by atoms with Crippen LogP contribution in [-0.2, 0) is 6.42 Å². The Morgan fingerprint density at radius 3 is 2.95 bits per heavy atom. The van der Waals surface area contributed by atoms with E-state index in [-0.39, 0.29) is 5.56 Å². The van der Waals surface area contributed by atoms with E-state index in [1.165, 1.54) is 6.07 Å². The Hall–Kier alpha value is -1.95. The van der Waals surface area contributed by atoms with Gasteiger partial charge < -0.3 is 10.4 Å². The highest BCUT2D eigenvalue weighted by Crippen LogP contribution is 2.19. The molecule has 0 saturated heterocycles. The molecular weight excluding hydrogens is 267 g/mol. The van der Waals surface area contributed by atoms with Crippen LogP contribution >= 0.6 is 11.3 Å². The molecule has 0 aliphatic carbocycles. The number of nitrogens with zero attached hydrogens (tertiary/aromatic N) is 1. The van der Waals surface area contributed by atoms with Gasteiger partial charge in [-0.25, -0.2) is 14.2 Å². The largest absolute Gasteiger partial charge is 0.478 e. The molecule has 0 aliphatic rings. The van der Waals surface area contributed by atoms with Gasteiger partial charge in [-0.2, -0.15) is 0 Å². The molecule has 4 nitrogen and oxygen atoms in total. The third kappa shape index (κ3) is 3.29. The summed E-state index contributed by atoms with van der Waals surface area (Å²) in [5, 5.41) is 14.9. The van der Waals surface area contributed by atoms with Crippen LogP contribution < -0.4 is 5.32 Å². The van der Waals surface area contributed by atoms with E-state index < -0.39 is 11.8 Å². The molecule has 0 spiro atoms. The second kappa shape index (κ2) is 5.79. The van der Waals surface area contributed by atoms with E-state index in [9.17, 15) is 9.18 Å². The van der Waals surface area contributed by atoms with Gasteiger partial charge in [0.15, 0.2) is 0 Å². The van der Waals surface area contributed by atoms with Crippen LogP contribution in [0.4, 0.5) is 10.1 Å². The van der Waals surface area contributed by atoms with E-state index in [0.717, 1.165) is 16.8 Å². The van der Waals surface area contributed by atoms with Gasteiger partial charge in [-0.1, -0.05) is 6.07 Å². The molecule has 2 aromatic rings. The maximum atomic E-state index is 13.4. The highest BCUT2D eigenvalue weighted by atomic mass is 32.1. The SMILES string of the molecule is Cc1nc(CCNc2cccc(F)c2C(=O)O)cs1. The lowest BCUT2D eigenvalue weighted by molar-refractivity contribution is 0.0693. The van der Waals surface area contributed by atoms with E-state index in [1.54, 1.807) is 17.4 Å². The first-order valence-electron chi connectivity index (χ1n) is 5.74. The Labute approximate surface area is 113 Å². The highest BCUT2D eigenvalue weighted by molar-refractivity contribution is 7.09. The molecule has 0 unspecified atom stereocenters. The first kappa shape index (κ1) is 13.5. The molecule has 0 bridgehead atoms. The second-order valence-corrected chi connectivity index (χ2v) is 5.06. The van der Waals surface area contributed by atoms with Crippen molar-refractivity contribution in [3.8, 4) is 0 Å². The van der Waals surface area contributed by atoms with Crippen LogP contribution in [0.15, 0.2) is 23.6 Å². The molecule has 0 amide bonds. The molecule has 19 heavy (non-hydrogen) atoms. The third-order valence-electron chi connectivity index (χ3n) is 2.59. The van der Waals surface area contributed by atoms with Crippen LogP contribution in [0, 0.1) is 12.7 Å². The van der Waals surface area contributed by atoms with E-state index in [1.807, 2.05) is 12.3 Å².